The van der Waals surface area contributed by atoms with Crippen molar-refractivity contribution >= 4 is 180 Å². The first-order chi connectivity index (χ1) is 48.6. The molecule has 0 heterocycles. The maximum absolute atomic E-state index is 14.4. The molecule has 0 N–H and O–H groups in total. The molecule has 0 atom stereocenters. The molecule has 0 unspecified atom stereocenters. The van der Waals surface area contributed by atoms with Crippen molar-refractivity contribution < 1.29 is 101 Å². The average Bonchev–Trinajstić information content (AvgIpc) is 0.775. The molecule has 500 valence electrons. The zero-order valence-electron chi connectivity index (χ0n) is 55.6. The van der Waals surface area contributed by atoms with E-state index in [0.717, 1.165) is 6.92 Å². The molecule has 39 heteroatoms. The molecule has 0 bridgehead atoms. The Bertz CT molecular complexity index is 4210. The maximum atomic E-state index is 14.4. The quantitative estimate of drug-likeness (QED) is 0.0182. The van der Waals surface area contributed by atoms with Crippen LogP contribution in [0.15, 0.2) is 72.8 Å². The predicted molar refractivity (Wildman–Crippen MR) is 385 cm³/mol. The molecule has 0 aliphatic rings. The van der Waals surface area contributed by atoms with Gasteiger partial charge in [-0.15, -0.1) is 0 Å². The second kappa shape index (κ2) is 38.3. The summed E-state index contributed by atoms with van der Waals surface area (Å²) in [5, 5.41) is -5.15. The van der Waals surface area contributed by atoms with E-state index in [0.29, 0.717) is 62.2 Å². The highest BCUT2D eigenvalue weighted by Crippen LogP contribution is 2.37. The van der Waals surface area contributed by atoms with Gasteiger partial charge in [-0.25, -0.2) is 45.6 Å². The molecule has 0 saturated carbocycles. The van der Waals surface area contributed by atoms with Gasteiger partial charge in [-0.2, -0.15) is 8.78 Å². The normalized spacial score (nSPS) is 11.5. The fourth-order valence-corrected chi connectivity index (χ4v) is 10.4. The Labute approximate surface area is 616 Å². The number of carbonyl (C=O) groups is 7. The number of esters is 7. The number of carbonyl (C=O) groups excluding carboxylic acids is 7. The van der Waals surface area contributed by atoms with E-state index in [1.807, 2.05) is 0 Å². The largest absolute Gasteiger partial charge is 0.748 e. The summed E-state index contributed by atoms with van der Waals surface area (Å²) in [6, 6.07) is 16.5. The van der Waals surface area contributed by atoms with Crippen LogP contribution in [0.2, 0.25) is 0 Å². The van der Waals surface area contributed by atoms with Crippen LogP contribution >= 0.6 is 0 Å². The lowest BCUT2D eigenvalue weighted by molar-refractivity contribution is -0.174. The van der Waals surface area contributed by atoms with E-state index in [9.17, 15) is 68.3 Å². The van der Waals surface area contributed by atoms with Crippen LogP contribution in [0.4, 0.5) is 8.78 Å². The lowest BCUT2D eigenvalue weighted by Crippen LogP contribution is -2.50. The van der Waals surface area contributed by atoms with Crippen LogP contribution in [0.5, 0.6) is 28.7 Å². The number of alkyl halides is 2. The predicted octanol–water partition coefficient (Wildman–Crippen LogP) is 0.959. The van der Waals surface area contributed by atoms with E-state index < -0.39 is 114 Å². The molecule has 0 aliphatic carbocycles. The first kappa shape index (κ1) is 85.9. The summed E-state index contributed by atoms with van der Waals surface area (Å²) in [5.41, 5.74) is -1.01. The summed E-state index contributed by atoms with van der Waals surface area (Å²) < 4.78 is 133. The van der Waals surface area contributed by atoms with E-state index in [4.69, 9.17) is 146 Å². The maximum Gasteiger partial charge on any atom is 0.367 e. The third-order valence-electron chi connectivity index (χ3n) is 15.4. The molecule has 30 radical (unpaired) electrons. The van der Waals surface area contributed by atoms with Crippen LogP contribution in [0.3, 0.4) is 0 Å². The minimum Gasteiger partial charge on any atom is -0.748 e. The van der Waals surface area contributed by atoms with Crippen molar-refractivity contribution in [2.45, 2.75) is 107 Å². The topological polar surface area (TPSA) is 298 Å². The molecule has 6 rings (SSSR count). The van der Waals surface area contributed by atoms with Gasteiger partial charge in [0.15, 0.2) is 16.7 Å². The molecule has 0 amide bonds. The van der Waals surface area contributed by atoms with Crippen molar-refractivity contribution in [3.05, 3.63) is 179 Å². The minimum absolute atomic E-state index is 0.0281. The average molecular weight is 1400 g/mol. The summed E-state index contributed by atoms with van der Waals surface area (Å²) in [7, 11) is 76.7. The van der Waals surface area contributed by atoms with E-state index in [-0.39, 0.29) is 157 Å². The van der Waals surface area contributed by atoms with Crippen molar-refractivity contribution in [3.8, 4) is 28.7 Å². The van der Waals surface area contributed by atoms with Crippen molar-refractivity contribution in [3.63, 3.8) is 0 Å². The highest BCUT2D eigenvalue weighted by molar-refractivity contribution is 7.86. The highest BCUT2D eigenvalue weighted by Gasteiger charge is 2.54. The molecule has 103 heavy (non-hydrogen) atoms. The Balaban J connectivity index is 0.000000404. The highest BCUT2D eigenvalue weighted by atomic mass is 32.2. The van der Waals surface area contributed by atoms with Crippen molar-refractivity contribution in [2.24, 2.45) is 5.41 Å². The van der Waals surface area contributed by atoms with Gasteiger partial charge in [-0.05, 0) is 74.7 Å². The zero-order valence-corrected chi connectivity index (χ0v) is 57.2. The molecule has 0 aliphatic heterocycles. The van der Waals surface area contributed by atoms with Crippen LogP contribution in [-0.4, -0.2) is 210 Å². The standard InChI is InChI=1S/C39H29B9F2O11S.C25H24B6O9S/c40-9-19-1-22(12-43)32(23(2-19)13-44)59-36(52)29-8-31(38(54)61-34-26(16-47)5-21(11-42)6-27(34)17-48)30(7-28(29)35(51)58-18-39(49,50)62(55,56)57)37(53)60-33-24(14-45)3-20(10-41)4-25(33)15-46;1-25(22(32)38-2-3-41(35,36)37,23(33)39-20-16(10-28)4-14(8-26)5-17(20)11-29)24(34)40-21-18(12-30)6-15(9-27)7-19(21)13-31/h1-8H,9-18H2,(H,55,56,57);4-7H,2-3,8-13H2,1H3,(H,35,36,37)/p-2. The lowest BCUT2D eigenvalue weighted by Gasteiger charge is -2.26. The summed E-state index contributed by atoms with van der Waals surface area (Å²) >= 11 is 0. The van der Waals surface area contributed by atoms with Gasteiger partial charge in [-0.3, -0.25) is 4.79 Å². The molecule has 0 spiro atoms. The number of benzene rings is 6. The third-order valence-corrected chi connectivity index (χ3v) is 16.9. The number of rotatable bonds is 33. The first-order valence-corrected chi connectivity index (χ1v) is 33.8. The Hall–Kier alpha value is -7.74. The van der Waals surface area contributed by atoms with Gasteiger partial charge in [0, 0.05) is 0 Å². The van der Waals surface area contributed by atoms with Gasteiger partial charge in [0.25, 0.3) is 5.41 Å². The van der Waals surface area contributed by atoms with Crippen LogP contribution < -0.4 is 23.7 Å². The van der Waals surface area contributed by atoms with Gasteiger partial charge in [0.05, 0.1) is 156 Å². The molecular formula is C64H51B15F2O20S2-2. The second-order valence-corrected chi connectivity index (χ2v) is 25.4. The van der Waals surface area contributed by atoms with Crippen LogP contribution in [0.1, 0.15) is 132 Å². The van der Waals surface area contributed by atoms with E-state index in [1.165, 1.54) is 36.4 Å². The Morgan fingerprint density at radius 2 is 0.563 bits per heavy atom. The molecule has 0 aromatic heterocycles. The van der Waals surface area contributed by atoms with Crippen LogP contribution in [0.25, 0.3) is 0 Å². The fourth-order valence-electron chi connectivity index (χ4n) is 9.93. The number of hydrogen-bond donors (Lipinski definition) is 0. The zero-order chi connectivity index (χ0) is 77.1. The molecule has 6 aromatic rings. The van der Waals surface area contributed by atoms with Gasteiger partial charge in [0.1, 0.15) is 35.4 Å². The van der Waals surface area contributed by atoms with Gasteiger partial charge in [0.2, 0.25) is 0 Å². The van der Waals surface area contributed by atoms with Gasteiger partial charge >= 0.3 is 47.0 Å². The molecular weight excluding hydrogens is 1350 g/mol. The summed E-state index contributed by atoms with van der Waals surface area (Å²) in [4.78, 5) is 96.9. The number of halogens is 2. The van der Waals surface area contributed by atoms with Crippen molar-refractivity contribution in [1.29, 1.82) is 0 Å². The summed E-state index contributed by atoms with van der Waals surface area (Å²) in [6.07, 6.45) is -1.44. The third kappa shape index (κ3) is 21.3. The Morgan fingerprint density at radius 1 is 0.340 bits per heavy atom. The Kier molecular flexibility index (Phi) is 32.0. The summed E-state index contributed by atoms with van der Waals surface area (Å²) in [5.74, 6) is -12.5. The first-order valence-electron chi connectivity index (χ1n) is 30.8. The fraction of sp³-hybridized carbons (Fsp3) is 0.328. The van der Waals surface area contributed by atoms with E-state index >= 15 is 0 Å². The van der Waals surface area contributed by atoms with Crippen molar-refractivity contribution in [2.75, 3.05) is 19.0 Å². The summed E-state index contributed by atoms with van der Waals surface area (Å²) in [6.45, 7) is -2.41. The van der Waals surface area contributed by atoms with Crippen LogP contribution in [-0.2, 0) is 139 Å². The molecule has 0 saturated heterocycles. The lowest BCUT2D eigenvalue weighted by atomic mass is 9.84. The molecule has 6 aromatic carbocycles. The minimum atomic E-state index is -6.38. The smallest absolute Gasteiger partial charge is 0.367 e. The SMILES string of the molecule is [B]Cc1cc(C[B])c(OC(=O)C(C)(C(=O)OCCS(=O)(=O)[O-])C(=O)Oc2c(C[B])cc(C[B])cc2C[B])c(C[B])c1.[B]Cc1cc(C[B])c(OC(=O)c2cc(C(=O)Oc3c(C[B])cc(C[B])cc3C[B])c(C(=O)Oc3c(C[B])cc(C[B])cc3C[B])cc2C(=O)OCC(F)(F)S(=O)(=O)[O-])c(C[B])c1. The van der Waals surface area contributed by atoms with Crippen LogP contribution in [0, 0.1) is 5.41 Å². The van der Waals surface area contributed by atoms with Gasteiger partial charge < -0.3 is 42.3 Å². The number of hydrogen-bond acceptors (Lipinski definition) is 20. The van der Waals surface area contributed by atoms with E-state index in [1.54, 1.807) is 24.3 Å². The molecule has 0 fully saturated rings. The molecule has 20 nitrogen and oxygen atoms in total. The number of ether oxygens (including phenoxy) is 7. The Morgan fingerprint density at radius 3 is 0.767 bits per heavy atom. The van der Waals surface area contributed by atoms with Crippen molar-refractivity contribution in [1.82, 2.24) is 0 Å². The second-order valence-electron chi connectivity index (χ2n) is 22.4. The van der Waals surface area contributed by atoms with E-state index in [2.05, 4.69) is 4.74 Å². The van der Waals surface area contributed by atoms with Gasteiger partial charge in [-0.1, -0.05) is 183 Å². The monoisotopic (exact) mass is 1410 g/mol.